The second-order valence-corrected chi connectivity index (χ2v) is 2.12. The lowest BCUT2D eigenvalue weighted by molar-refractivity contribution is 0.601. The third kappa shape index (κ3) is 2.75. The average molecular weight is 114 g/mol. The van der Waals surface area contributed by atoms with Gasteiger partial charge < -0.3 is 0 Å². The zero-order valence-corrected chi connectivity index (χ0v) is 5.59. The van der Waals surface area contributed by atoms with Gasteiger partial charge in [-0.15, -0.1) is 0 Å². The SMILES string of the molecule is [CH2]C(C)C(C)[C]=S. The molecule has 0 N–H and O–H groups in total. The molecule has 2 atom stereocenters. The molecule has 0 spiro atoms. The smallest absolute Gasteiger partial charge is 0.0325 e. The quantitative estimate of drug-likeness (QED) is 0.494. The van der Waals surface area contributed by atoms with E-state index in [2.05, 4.69) is 24.5 Å². The first-order valence-corrected chi connectivity index (χ1v) is 2.80. The van der Waals surface area contributed by atoms with E-state index in [9.17, 15) is 0 Å². The van der Waals surface area contributed by atoms with Gasteiger partial charge in [-0.05, 0) is 18.8 Å². The molecule has 0 fully saturated rings. The molecule has 0 saturated heterocycles. The molecule has 7 heavy (non-hydrogen) atoms. The van der Waals surface area contributed by atoms with Gasteiger partial charge in [-0.3, -0.25) is 0 Å². The number of hydrogen-bond acceptors (Lipinski definition) is 1. The molecule has 0 aliphatic carbocycles. The first-order valence-electron chi connectivity index (χ1n) is 2.39. The monoisotopic (exact) mass is 114 g/mol. The van der Waals surface area contributed by atoms with Gasteiger partial charge in [0, 0.05) is 5.37 Å². The summed E-state index contributed by atoms with van der Waals surface area (Å²) in [4.78, 5) is 0. The molecule has 0 saturated carbocycles. The van der Waals surface area contributed by atoms with Crippen LogP contribution in [0, 0.1) is 18.8 Å². The van der Waals surface area contributed by atoms with Gasteiger partial charge in [0.15, 0.2) is 0 Å². The zero-order chi connectivity index (χ0) is 5.86. The molecule has 40 valence electrons. The van der Waals surface area contributed by atoms with Crippen molar-refractivity contribution in [3.8, 4) is 0 Å². The predicted octanol–water partition coefficient (Wildman–Crippen LogP) is 1.97. The Labute approximate surface area is 50.9 Å². The Hall–Kier alpha value is 0.0900. The van der Waals surface area contributed by atoms with Gasteiger partial charge in [0.05, 0.1) is 0 Å². The molecule has 2 unspecified atom stereocenters. The first kappa shape index (κ1) is 7.09. The van der Waals surface area contributed by atoms with Crippen LogP contribution < -0.4 is 0 Å². The van der Waals surface area contributed by atoms with Crippen molar-refractivity contribution in [3.05, 3.63) is 6.92 Å². The van der Waals surface area contributed by atoms with E-state index < -0.39 is 0 Å². The molecule has 2 radical (unpaired) electrons. The maximum atomic E-state index is 4.56. The molecule has 0 aliphatic heterocycles. The van der Waals surface area contributed by atoms with Crippen molar-refractivity contribution in [1.29, 1.82) is 0 Å². The van der Waals surface area contributed by atoms with Gasteiger partial charge in [0.25, 0.3) is 0 Å². The van der Waals surface area contributed by atoms with Crippen molar-refractivity contribution in [3.63, 3.8) is 0 Å². The first-order chi connectivity index (χ1) is 3.18. The second-order valence-electron chi connectivity index (χ2n) is 1.88. The summed E-state index contributed by atoms with van der Waals surface area (Å²) in [5.74, 6) is 0.757. The van der Waals surface area contributed by atoms with Crippen LogP contribution in [0.2, 0.25) is 0 Å². The maximum Gasteiger partial charge on any atom is 0.0325 e. The van der Waals surface area contributed by atoms with Crippen LogP contribution >= 0.6 is 12.2 Å². The molecular formula is C6H10S. The van der Waals surface area contributed by atoms with Crippen LogP contribution in [0.25, 0.3) is 0 Å². The largest absolute Gasteiger partial charge is 0.0834 e. The van der Waals surface area contributed by atoms with Crippen LogP contribution in [0.1, 0.15) is 13.8 Å². The van der Waals surface area contributed by atoms with Gasteiger partial charge in [-0.2, -0.15) is 0 Å². The average Bonchev–Trinajstić information content (AvgIpc) is 1.65. The van der Waals surface area contributed by atoms with Crippen LogP contribution in [0.5, 0.6) is 0 Å². The van der Waals surface area contributed by atoms with E-state index in [1.54, 1.807) is 0 Å². The lowest BCUT2D eigenvalue weighted by Crippen LogP contribution is -2.02. The highest BCUT2D eigenvalue weighted by Gasteiger charge is 2.00. The molecule has 0 aliphatic rings. The highest BCUT2D eigenvalue weighted by Crippen LogP contribution is 2.04. The van der Waals surface area contributed by atoms with E-state index in [4.69, 9.17) is 0 Å². The molecule has 0 heterocycles. The fourth-order valence-corrected chi connectivity index (χ4v) is 0.348. The zero-order valence-electron chi connectivity index (χ0n) is 4.77. The summed E-state index contributed by atoms with van der Waals surface area (Å²) >= 11 is 4.56. The molecule has 0 amide bonds. The third-order valence-corrected chi connectivity index (χ3v) is 1.41. The minimum atomic E-state index is 0.356. The summed E-state index contributed by atoms with van der Waals surface area (Å²) in [5.41, 5.74) is 0. The molecule has 0 aromatic heterocycles. The molecule has 0 rings (SSSR count). The standard InChI is InChI=1S/C6H10S/c1-5(2)6(3)4-7/h5-6H,1H2,2-3H3. The fourth-order valence-electron chi connectivity index (χ4n) is 0.116. The summed E-state index contributed by atoms with van der Waals surface area (Å²) in [7, 11) is 0. The second kappa shape index (κ2) is 3.14. The summed E-state index contributed by atoms with van der Waals surface area (Å²) in [6.45, 7) is 7.83. The van der Waals surface area contributed by atoms with Crippen LogP contribution in [0.4, 0.5) is 0 Å². The maximum absolute atomic E-state index is 4.56. The van der Waals surface area contributed by atoms with Gasteiger partial charge in [-0.25, -0.2) is 0 Å². The van der Waals surface area contributed by atoms with Crippen LogP contribution in [-0.4, -0.2) is 5.37 Å². The van der Waals surface area contributed by atoms with Crippen molar-refractivity contribution in [2.45, 2.75) is 13.8 Å². The molecular weight excluding hydrogens is 104 g/mol. The number of thiocarbonyl (C=S) groups is 1. The molecule has 0 aromatic carbocycles. The van der Waals surface area contributed by atoms with E-state index in [0.29, 0.717) is 11.8 Å². The minimum Gasteiger partial charge on any atom is -0.0834 e. The van der Waals surface area contributed by atoms with Crippen molar-refractivity contribution < 1.29 is 0 Å². The van der Waals surface area contributed by atoms with Crippen molar-refractivity contribution in [2.24, 2.45) is 11.8 Å². The summed E-state index contributed by atoms with van der Waals surface area (Å²) in [6, 6.07) is 0. The van der Waals surface area contributed by atoms with Gasteiger partial charge in [0.2, 0.25) is 0 Å². The number of rotatable bonds is 2. The minimum absolute atomic E-state index is 0.356. The van der Waals surface area contributed by atoms with E-state index >= 15 is 0 Å². The Morgan fingerprint density at radius 2 is 2.00 bits per heavy atom. The lowest BCUT2D eigenvalue weighted by Gasteiger charge is -2.05. The summed E-state index contributed by atoms with van der Waals surface area (Å²) in [6.07, 6.45) is 0. The Morgan fingerprint density at radius 1 is 1.57 bits per heavy atom. The molecule has 0 bridgehead atoms. The van der Waals surface area contributed by atoms with Crippen molar-refractivity contribution in [2.75, 3.05) is 0 Å². The van der Waals surface area contributed by atoms with Gasteiger partial charge in [0.1, 0.15) is 0 Å². The summed E-state index contributed by atoms with van der Waals surface area (Å²) in [5, 5.41) is 2.69. The number of hydrogen-bond donors (Lipinski definition) is 0. The van der Waals surface area contributed by atoms with Crippen molar-refractivity contribution in [1.82, 2.24) is 0 Å². The van der Waals surface area contributed by atoms with Crippen LogP contribution in [0.3, 0.4) is 0 Å². The third-order valence-electron chi connectivity index (χ3n) is 1.04. The Kier molecular flexibility index (Phi) is 3.18. The lowest BCUT2D eigenvalue weighted by atomic mass is 10.0. The highest BCUT2D eigenvalue weighted by molar-refractivity contribution is 7.79. The normalized spacial score (nSPS) is 14.3. The molecule has 0 nitrogen and oxygen atoms in total. The van der Waals surface area contributed by atoms with Crippen molar-refractivity contribution >= 4 is 17.6 Å². The fraction of sp³-hybridized carbons (Fsp3) is 0.667. The van der Waals surface area contributed by atoms with Crippen LogP contribution in [0.15, 0.2) is 0 Å². The van der Waals surface area contributed by atoms with E-state index in [1.165, 1.54) is 0 Å². The predicted molar refractivity (Wildman–Crippen MR) is 36.3 cm³/mol. The summed E-state index contributed by atoms with van der Waals surface area (Å²) < 4.78 is 0. The Morgan fingerprint density at radius 3 is 2.00 bits per heavy atom. The Bertz CT molecular complexity index is 57.2. The molecule has 1 heteroatoms. The highest BCUT2D eigenvalue weighted by atomic mass is 32.1. The molecule has 0 aromatic rings. The van der Waals surface area contributed by atoms with E-state index in [-0.39, 0.29) is 0 Å². The topological polar surface area (TPSA) is 0 Å². The van der Waals surface area contributed by atoms with Crippen LogP contribution in [-0.2, 0) is 0 Å². The van der Waals surface area contributed by atoms with E-state index in [1.807, 2.05) is 13.8 Å². The van der Waals surface area contributed by atoms with Gasteiger partial charge in [-0.1, -0.05) is 26.1 Å². The van der Waals surface area contributed by atoms with E-state index in [0.717, 1.165) is 0 Å². The van der Waals surface area contributed by atoms with Gasteiger partial charge >= 0.3 is 0 Å². The Balaban J connectivity index is 3.33.